The molecule has 1 aromatic carbocycles. The van der Waals surface area contributed by atoms with Gasteiger partial charge in [-0.15, -0.1) is 0 Å². The lowest BCUT2D eigenvalue weighted by Gasteiger charge is -2.41. The summed E-state index contributed by atoms with van der Waals surface area (Å²) in [6, 6.07) is 10.9. The third-order valence-corrected chi connectivity index (χ3v) is 5.21. The minimum atomic E-state index is 0.232. The number of likely N-dealkylation sites (tertiary alicyclic amines) is 1. The maximum Gasteiger partial charge on any atom is 0.225 e. The van der Waals surface area contributed by atoms with Crippen molar-refractivity contribution < 1.29 is 4.79 Å². The Morgan fingerprint density at radius 1 is 1.00 bits per heavy atom. The molecule has 22 heavy (non-hydrogen) atoms. The van der Waals surface area contributed by atoms with E-state index in [1.54, 1.807) is 0 Å². The largest absolute Gasteiger partial charge is 0.339 e. The van der Waals surface area contributed by atoms with Crippen molar-refractivity contribution in [2.45, 2.75) is 18.9 Å². The summed E-state index contributed by atoms with van der Waals surface area (Å²) in [5.41, 5.74) is 1.31. The molecule has 1 atom stereocenters. The molecule has 0 aliphatic carbocycles. The fraction of sp³-hybridized carbons (Fsp3) is 0.611. The van der Waals surface area contributed by atoms with E-state index in [0.29, 0.717) is 11.9 Å². The topological polar surface area (TPSA) is 26.8 Å². The number of likely N-dealkylation sites (N-methyl/N-ethyl adjacent to an activating group) is 1. The van der Waals surface area contributed by atoms with Crippen LogP contribution in [0.4, 0.5) is 0 Å². The number of carbonyl (C=O) groups excluding carboxylic acids is 1. The van der Waals surface area contributed by atoms with Gasteiger partial charge in [0.15, 0.2) is 0 Å². The molecule has 0 radical (unpaired) electrons. The normalized spacial score (nSPS) is 25.4. The van der Waals surface area contributed by atoms with Crippen LogP contribution < -0.4 is 0 Å². The summed E-state index contributed by atoms with van der Waals surface area (Å²) in [4.78, 5) is 19.6. The molecule has 2 fully saturated rings. The monoisotopic (exact) mass is 301 g/mol. The van der Waals surface area contributed by atoms with Crippen molar-refractivity contribution in [3.05, 3.63) is 35.9 Å². The molecule has 4 heteroatoms. The van der Waals surface area contributed by atoms with E-state index in [4.69, 9.17) is 0 Å². The molecule has 120 valence electrons. The summed E-state index contributed by atoms with van der Waals surface area (Å²) in [5, 5.41) is 0. The molecule has 1 amide bonds. The molecular weight excluding hydrogens is 274 g/mol. The van der Waals surface area contributed by atoms with E-state index in [0.717, 1.165) is 45.6 Å². The van der Waals surface area contributed by atoms with Gasteiger partial charge < -0.3 is 9.80 Å². The molecule has 2 heterocycles. The van der Waals surface area contributed by atoms with E-state index in [1.165, 1.54) is 5.56 Å². The predicted molar refractivity (Wildman–Crippen MR) is 88.6 cm³/mol. The number of amides is 1. The van der Waals surface area contributed by atoms with Gasteiger partial charge in [-0.25, -0.2) is 0 Å². The van der Waals surface area contributed by atoms with Crippen LogP contribution in [-0.2, 0) is 4.79 Å². The third kappa shape index (κ3) is 3.33. The number of rotatable bonds is 2. The second-order valence-electron chi connectivity index (χ2n) is 6.77. The molecular formula is C18H27N3O. The van der Waals surface area contributed by atoms with E-state index in [-0.39, 0.29) is 5.92 Å². The first kappa shape index (κ1) is 15.5. The Morgan fingerprint density at radius 2 is 1.68 bits per heavy atom. The standard InChI is InChI=1S/C18H27N3O/c1-19-10-8-16(9-11-19)18(22)21-13-12-20(2)17(14-21)15-6-4-3-5-7-15/h3-7,16-17H,8-14H2,1-2H3/t17-/m0/s1. The Hall–Kier alpha value is -1.39. The molecule has 0 aromatic heterocycles. The first-order chi connectivity index (χ1) is 10.6. The van der Waals surface area contributed by atoms with Crippen LogP contribution in [0, 0.1) is 5.92 Å². The molecule has 4 nitrogen and oxygen atoms in total. The maximum absolute atomic E-state index is 12.8. The minimum Gasteiger partial charge on any atom is -0.339 e. The quantitative estimate of drug-likeness (QED) is 0.834. The van der Waals surface area contributed by atoms with Gasteiger partial charge >= 0.3 is 0 Å². The number of hydrogen-bond donors (Lipinski definition) is 0. The second kappa shape index (κ2) is 6.80. The highest BCUT2D eigenvalue weighted by atomic mass is 16.2. The van der Waals surface area contributed by atoms with Crippen molar-refractivity contribution in [3.63, 3.8) is 0 Å². The zero-order chi connectivity index (χ0) is 15.5. The Balaban J connectivity index is 1.66. The average Bonchev–Trinajstić information content (AvgIpc) is 2.56. The Kier molecular flexibility index (Phi) is 4.79. The highest BCUT2D eigenvalue weighted by Crippen LogP contribution is 2.26. The molecule has 0 bridgehead atoms. The van der Waals surface area contributed by atoms with Crippen molar-refractivity contribution in [1.82, 2.24) is 14.7 Å². The Bertz CT molecular complexity index is 496. The number of carbonyl (C=O) groups is 1. The lowest BCUT2D eigenvalue weighted by molar-refractivity contribution is -0.139. The van der Waals surface area contributed by atoms with Gasteiger partial charge in [-0.1, -0.05) is 30.3 Å². The van der Waals surface area contributed by atoms with Gasteiger partial charge in [0.25, 0.3) is 0 Å². The Labute approximate surface area is 133 Å². The second-order valence-corrected chi connectivity index (χ2v) is 6.77. The third-order valence-electron chi connectivity index (χ3n) is 5.21. The van der Waals surface area contributed by atoms with E-state index >= 15 is 0 Å². The van der Waals surface area contributed by atoms with Gasteiger partial charge in [-0.05, 0) is 45.6 Å². The van der Waals surface area contributed by atoms with Crippen LogP contribution in [0.25, 0.3) is 0 Å². The summed E-state index contributed by atoms with van der Waals surface area (Å²) in [6.45, 7) is 4.74. The lowest BCUT2D eigenvalue weighted by Crippen LogP contribution is -2.51. The van der Waals surface area contributed by atoms with Crippen molar-refractivity contribution >= 4 is 5.91 Å². The number of piperazine rings is 1. The molecule has 0 N–H and O–H groups in total. The van der Waals surface area contributed by atoms with E-state index in [1.807, 2.05) is 6.07 Å². The van der Waals surface area contributed by atoms with Gasteiger partial charge in [0, 0.05) is 25.6 Å². The van der Waals surface area contributed by atoms with Crippen LogP contribution in [-0.4, -0.2) is 67.4 Å². The van der Waals surface area contributed by atoms with E-state index in [9.17, 15) is 4.79 Å². The van der Waals surface area contributed by atoms with Crippen molar-refractivity contribution in [1.29, 1.82) is 0 Å². The number of nitrogens with zero attached hydrogens (tertiary/aromatic N) is 3. The molecule has 0 spiro atoms. The van der Waals surface area contributed by atoms with E-state index in [2.05, 4.69) is 53.1 Å². The van der Waals surface area contributed by atoms with Gasteiger partial charge in [0.1, 0.15) is 0 Å². The number of benzene rings is 1. The molecule has 2 saturated heterocycles. The first-order valence-electron chi connectivity index (χ1n) is 8.37. The van der Waals surface area contributed by atoms with Crippen molar-refractivity contribution in [3.8, 4) is 0 Å². The first-order valence-corrected chi connectivity index (χ1v) is 8.37. The Morgan fingerprint density at radius 3 is 2.36 bits per heavy atom. The molecule has 0 saturated carbocycles. The van der Waals surface area contributed by atoms with Gasteiger partial charge in [0.2, 0.25) is 5.91 Å². The van der Waals surface area contributed by atoms with Crippen LogP contribution in [0.5, 0.6) is 0 Å². The predicted octanol–water partition coefficient (Wildman–Crippen LogP) is 1.84. The summed E-state index contributed by atoms with van der Waals surface area (Å²) in [7, 11) is 4.30. The summed E-state index contributed by atoms with van der Waals surface area (Å²) in [5.74, 6) is 0.609. The molecule has 1 aromatic rings. The smallest absolute Gasteiger partial charge is 0.225 e. The number of piperidine rings is 1. The molecule has 2 aliphatic heterocycles. The molecule has 3 rings (SSSR count). The van der Waals surface area contributed by atoms with Crippen LogP contribution >= 0.6 is 0 Å². The minimum absolute atomic E-state index is 0.232. The molecule has 2 aliphatic rings. The summed E-state index contributed by atoms with van der Waals surface area (Å²) >= 11 is 0. The van der Waals surface area contributed by atoms with Crippen molar-refractivity contribution in [2.24, 2.45) is 5.92 Å². The average molecular weight is 301 g/mol. The lowest BCUT2D eigenvalue weighted by atomic mass is 9.94. The van der Waals surface area contributed by atoms with Crippen LogP contribution in [0.1, 0.15) is 24.4 Å². The SMILES string of the molecule is CN1CCC(C(=O)N2CCN(C)[C@H](c3ccccc3)C2)CC1. The highest BCUT2D eigenvalue weighted by molar-refractivity contribution is 5.79. The van der Waals surface area contributed by atoms with Crippen molar-refractivity contribution in [2.75, 3.05) is 46.8 Å². The van der Waals surface area contributed by atoms with Gasteiger partial charge in [-0.2, -0.15) is 0 Å². The summed E-state index contributed by atoms with van der Waals surface area (Å²) < 4.78 is 0. The summed E-state index contributed by atoms with van der Waals surface area (Å²) in [6.07, 6.45) is 2.02. The van der Waals surface area contributed by atoms with Crippen LogP contribution in [0.2, 0.25) is 0 Å². The fourth-order valence-electron chi connectivity index (χ4n) is 3.62. The van der Waals surface area contributed by atoms with Crippen LogP contribution in [0.15, 0.2) is 30.3 Å². The highest BCUT2D eigenvalue weighted by Gasteiger charge is 2.32. The zero-order valence-electron chi connectivity index (χ0n) is 13.7. The number of hydrogen-bond acceptors (Lipinski definition) is 3. The zero-order valence-corrected chi connectivity index (χ0v) is 13.7. The van der Waals surface area contributed by atoms with Crippen LogP contribution in [0.3, 0.4) is 0 Å². The van der Waals surface area contributed by atoms with E-state index < -0.39 is 0 Å². The maximum atomic E-state index is 12.8. The fourth-order valence-corrected chi connectivity index (χ4v) is 3.62. The van der Waals surface area contributed by atoms with Gasteiger partial charge in [0.05, 0.1) is 6.04 Å². The van der Waals surface area contributed by atoms with Gasteiger partial charge in [-0.3, -0.25) is 9.69 Å². The molecule has 0 unspecified atom stereocenters.